The molecule has 0 spiro atoms. The van der Waals surface area contributed by atoms with Crippen LogP contribution in [0.2, 0.25) is 10.0 Å². The molecule has 2 unspecified atom stereocenters. The highest BCUT2D eigenvalue weighted by atomic mass is 35.5. The van der Waals surface area contributed by atoms with Crippen molar-refractivity contribution in [2.24, 2.45) is 5.73 Å². The maximum atomic E-state index is 11.2. The van der Waals surface area contributed by atoms with Gasteiger partial charge in [0.15, 0.2) is 0 Å². The molecule has 4 nitrogen and oxygen atoms in total. The fourth-order valence-corrected chi connectivity index (χ4v) is 4.65. The monoisotopic (exact) mass is 441 g/mol. The first kappa shape index (κ1) is 21.4. The first-order chi connectivity index (χ1) is 13.2. The molecule has 0 fully saturated rings. The Kier molecular flexibility index (Phi) is 6.92. The van der Waals surface area contributed by atoms with Gasteiger partial charge in [-0.1, -0.05) is 35.3 Å². The normalized spacial score (nSPS) is 19.3. The topological polar surface area (TPSA) is 69.4 Å². The molecule has 2 aromatic carbocycles. The molecule has 0 bridgehead atoms. The number of fused-ring (bicyclic) bond motifs is 1. The summed E-state index contributed by atoms with van der Waals surface area (Å²) in [6.45, 7) is 0.370. The number of nitrogens with two attached hydrogens (primary N) is 1. The number of hydrogen-bond acceptors (Lipinski definition) is 4. The summed E-state index contributed by atoms with van der Waals surface area (Å²) < 4.78 is 28.3. The summed E-state index contributed by atoms with van der Waals surface area (Å²) in [5.74, 6) is 1.05. The summed E-state index contributed by atoms with van der Waals surface area (Å²) in [6.07, 6.45) is 4.38. The maximum absolute atomic E-state index is 11.2. The Bertz CT molecular complexity index is 947. The lowest BCUT2D eigenvalue weighted by Gasteiger charge is -2.32. The highest BCUT2D eigenvalue weighted by Gasteiger charge is 2.28. The van der Waals surface area contributed by atoms with Crippen LogP contribution in [0.25, 0.3) is 0 Å². The Morgan fingerprint density at radius 2 is 1.93 bits per heavy atom. The van der Waals surface area contributed by atoms with E-state index in [9.17, 15) is 8.42 Å². The van der Waals surface area contributed by atoms with E-state index in [1.54, 1.807) is 0 Å². The zero-order valence-corrected chi connectivity index (χ0v) is 18.2. The maximum Gasteiger partial charge on any atom is 0.147 e. The molecule has 0 radical (unpaired) electrons. The highest BCUT2D eigenvalue weighted by molar-refractivity contribution is 7.90. The van der Waals surface area contributed by atoms with Crippen LogP contribution in [0.5, 0.6) is 5.75 Å². The minimum absolute atomic E-state index is 0.0578. The van der Waals surface area contributed by atoms with Gasteiger partial charge in [-0.15, -0.1) is 0 Å². The van der Waals surface area contributed by atoms with Gasteiger partial charge in [0, 0.05) is 18.2 Å². The Balaban J connectivity index is 1.75. The summed E-state index contributed by atoms with van der Waals surface area (Å²) in [4.78, 5) is 0. The molecule has 2 N–H and O–H groups in total. The van der Waals surface area contributed by atoms with Crippen LogP contribution in [-0.2, 0) is 22.7 Å². The van der Waals surface area contributed by atoms with E-state index in [1.807, 2.05) is 24.3 Å². The first-order valence-electron chi connectivity index (χ1n) is 9.36. The third kappa shape index (κ3) is 5.63. The van der Waals surface area contributed by atoms with Crippen LogP contribution in [-0.4, -0.2) is 33.1 Å². The van der Waals surface area contributed by atoms with Crippen molar-refractivity contribution in [3.05, 3.63) is 63.1 Å². The zero-order valence-electron chi connectivity index (χ0n) is 15.8. The van der Waals surface area contributed by atoms with Crippen molar-refractivity contribution in [1.29, 1.82) is 0 Å². The number of rotatable bonds is 7. The standard InChI is InChI=1S/C21H25Cl2NO3S/c1-28(25,26)10-2-9-27-16-6-4-15-5-8-21(24)18(17(15)13-16)11-14-3-7-19(22)20(23)12-14/h3-4,6-7,12-13,18,21H,2,5,8-11,24H2,1H3. The van der Waals surface area contributed by atoms with E-state index in [-0.39, 0.29) is 17.7 Å². The average Bonchev–Trinajstić information content (AvgIpc) is 2.63. The van der Waals surface area contributed by atoms with Gasteiger partial charge in [-0.05, 0) is 66.6 Å². The fraction of sp³-hybridized carbons (Fsp3) is 0.429. The first-order valence-corrected chi connectivity index (χ1v) is 12.2. The molecule has 0 amide bonds. The van der Waals surface area contributed by atoms with E-state index >= 15 is 0 Å². The van der Waals surface area contributed by atoms with Crippen LogP contribution >= 0.6 is 23.2 Å². The Morgan fingerprint density at radius 1 is 1.14 bits per heavy atom. The van der Waals surface area contributed by atoms with Crippen LogP contribution < -0.4 is 10.5 Å². The second-order valence-electron chi connectivity index (χ2n) is 7.45. The van der Waals surface area contributed by atoms with Gasteiger partial charge in [0.05, 0.1) is 22.4 Å². The minimum atomic E-state index is -2.97. The van der Waals surface area contributed by atoms with Crippen LogP contribution in [0.15, 0.2) is 36.4 Å². The van der Waals surface area contributed by atoms with Crippen molar-refractivity contribution in [2.75, 3.05) is 18.6 Å². The number of hydrogen-bond donors (Lipinski definition) is 1. The molecule has 28 heavy (non-hydrogen) atoms. The van der Waals surface area contributed by atoms with Crippen molar-refractivity contribution < 1.29 is 13.2 Å². The Morgan fingerprint density at radius 3 is 2.64 bits per heavy atom. The molecular formula is C21H25Cl2NO3S. The summed E-state index contributed by atoms with van der Waals surface area (Å²) >= 11 is 12.2. The van der Waals surface area contributed by atoms with Gasteiger partial charge in [-0.3, -0.25) is 0 Å². The number of ether oxygens (including phenoxy) is 1. The summed E-state index contributed by atoms with van der Waals surface area (Å²) in [5.41, 5.74) is 10.0. The van der Waals surface area contributed by atoms with Crippen LogP contribution in [0.4, 0.5) is 0 Å². The largest absolute Gasteiger partial charge is 0.494 e. The molecule has 1 aliphatic rings. The lowest BCUT2D eigenvalue weighted by atomic mass is 9.76. The third-order valence-electron chi connectivity index (χ3n) is 5.15. The Labute approximate surface area is 176 Å². The van der Waals surface area contributed by atoms with Gasteiger partial charge in [0.25, 0.3) is 0 Å². The van der Waals surface area contributed by atoms with Crippen molar-refractivity contribution in [2.45, 2.75) is 37.6 Å². The second kappa shape index (κ2) is 9.04. The molecule has 0 saturated carbocycles. The molecule has 1 aliphatic carbocycles. The van der Waals surface area contributed by atoms with E-state index in [2.05, 4.69) is 12.1 Å². The number of benzene rings is 2. The molecule has 0 heterocycles. The third-order valence-corrected chi connectivity index (χ3v) is 6.92. The van der Waals surface area contributed by atoms with Gasteiger partial charge in [-0.2, -0.15) is 0 Å². The van der Waals surface area contributed by atoms with Gasteiger partial charge < -0.3 is 10.5 Å². The molecular weight excluding hydrogens is 417 g/mol. The fourth-order valence-electron chi connectivity index (χ4n) is 3.68. The number of sulfone groups is 1. The van der Waals surface area contributed by atoms with Crippen LogP contribution in [0.3, 0.4) is 0 Å². The molecule has 7 heteroatoms. The predicted molar refractivity (Wildman–Crippen MR) is 115 cm³/mol. The molecule has 2 aromatic rings. The van der Waals surface area contributed by atoms with E-state index in [4.69, 9.17) is 33.7 Å². The van der Waals surface area contributed by atoms with E-state index in [1.165, 1.54) is 17.4 Å². The van der Waals surface area contributed by atoms with Gasteiger partial charge in [0.1, 0.15) is 15.6 Å². The van der Waals surface area contributed by atoms with E-state index < -0.39 is 9.84 Å². The lowest BCUT2D eigenvalue weighted by Crippen LogP contribution is -2.34. The summed E-state index contributed by atoms with van der Waals surface area (Å²) in [5, 5.41) is 1.09. The molecule has 152 valence electrons. The van der Waals surface area contributed by atoms with Crippen molar-refractivity contribution in [1.82, 2.24) is 0 Å². The quantitative estimate of drug-likeness (QED) is 0.645. The predicted octanol–water partition coefficient (Wildman–Crippen LogP) is 4.41. The molecule has 3 rings (SSSR count). The van der Waals surface area contributed by atoms with Gasteiger partial charge in [-0.25, -0.2) is 8.42 Å². The van der Waals surface area contributed by atoms with Crippen molar-refractivity contribution in [3.8, 4) is 5.75 Å². The van der Waals surface area contributed by atoms with E-state index in [0.29, 0.717) is 23.1 Å². The average molecular weight is 442 g/mol. The van der Waals surface area contributed by atoms with Gasteiger partial charge in [0.2, 0.25) is 0 Å². The van der Waals surface area contributed by atoms with Crippen LogP contribution in [0, 0.1) is 0 Å². The smallest absolute Gasteiger partial charge is 0.147 e. The minimum Gasteiger partial charge on any atom is -0.494 e. The molecule has 0 saturated heterocycles. The summed E-state index contributed by atoms with van der Waals surface area (Å²) in [6, 6.07) is 11.9. The van der Waals surface area contributed by atoms with E-state index in [0.717, 1.165) is 30.6 Å². The van der Waals surface area contributed by atoms with Crippen molar-refractivity contribution in [3.63, 3.8) is 0 Å². The molecule has 0 aromatic heterocycles. The Hall–Kier alpha value is -1.27. The molecule has 0 aliphatic heterocycles. The zero-order chi connectivity index (χ0) is 20.3. The van der Waals surface area contributed by atoms with Crippen molar-refractivity contribution >= 4 is 33.0 Å². The number of halogens is 2. The van der Waals surface area contributed by atoms with Gasteiger partial charge >= 0.3 is 0 Å². The lowest BCUT2D eigenvalue weighted by molar-refractivity contribution is 0.316. The number of aryl methyl sites for hydroxylation is 1. The summed E-state index contributed by atoms with van der Waals surface area (Å²) in [7, 11) is -2.97. The second-order valence-corrected chi connectivity index (χ2v) is 10.5. The SMILES string of the molecule is CS(=O)(=O)CCCOc1ccc2c(c1)C(Cc1ccc(Cl)c(Cl)c1)C(N)CC2. The molecule has 2 atom stereocenters. The van der Waals surface area contributed by atoms with Crippen LogP contribution in [0.1, 0.15) is 35.4 Å². The highest BCUT2D eigenvalue weighted by Crippen LogP contribution is 2.36.